The van der Waals surface area contributed by atoms with Gasteiger partial charge in [0.2, 0.25) is 15.9 Å². The van der Waals surface area contributed by atoms with Crippen molar-refractivity contribution in [1.29, 1.82) is 0 Å². The fraction of sp³-hybridized carbons (Fsp3) is 0.714. The SMILES string of the molecule is CCS(=O)(=O)NCc1nc([C@@H](N)CO)no1. The maximum atomic E-state index is 11.1. The third kappa shape index (κ3) is 3.52. The largest absolute Gasteiger partial charge is 0.394 e. The molecule has 1 aromatic rings. The summed E-state index contributed by atoms with van der Waals surface area (Å²) in [4.78, 5) is 3.83. The molecule has 0 aliphatic heterocycles. The molecule has 1 heterocycles. The van der Waals surface area contributed by atoms with Crippen molar-refractivity contribution in [3.8, 4) is 0 Å². The second kappa shape index (κ2) is 5.34. The normalized spacial score (nSPS) is 13.9. The Morgan fingerprint density at radius 1 is 1.62 bits per heavy atom. The lowest BCUT2D eigenvalue weighted by Crippen LogP contribution is -2.25. The second-order valence-electron chi connectivity index (χ2n) is 3.06. The Morgan fingerprint density at radius 2 is 2.31 bits per heavy atom. The third-order valence-electron chi connectivity index (χ3n) is 1.84. The highest BCUT2D eigenvalue weighted by Crippen LogP contribution is 2.05. The van der Waals surface area contributed by atoms with Crippen molar-refractivity contribution < 1.29 is 18.0 Å². The van der Waals surface area contributed by atoms with Gasteiger partial charge in [0, 0.05) is 0 Å². The number of nitrogens with zero attached hydrogens (tertiary/aromatic N) is 2. The van der Waals surface area contributed by atoms with Crippen LogP contribution in [0.15, 0.2) is 4.52 Å². The van der Waals surface area contributed by atoms with Gasteiger partial charge in [0.1, 0.15) is 0 Å². The number of hydrogen-bond donors (Lipinski definition) is 3. The zero-order valence-electron chi connectivity index (χ0n) is 8.75. The molecule has 92 valence electrons. The lowest BCUT2D eigenvalue weighted by atomic mass is 10.3. The molecule has 1 atom stereocenters. The van der Waals surface area contributed by atoms with Gasteiger partial charge in [0.15, 0.2) is 5.82 Å². The van der Waals surface area contributed by atoms with Crippen molar-refractivity contribution in [2.75, 3.05) is 12.4 Å². The molecule has 0 aliphatic carbocycles. The molecule has 0 unspecified atom stereocenters. The molecule has 1 rings (SSSR count). The monoisotopic (exact) mass is 250 g/mol. The van der Waals surface area contributed by atoms with E-state index in [1.807, 2.05) is 0 Å². The first-order chi connectivity index (χ1) is 7.48. The van der Waals surface area contributed by atoms with Crippen molar-refractivity contribution in [3.05, 3.63) is 11.7 Å². The molecule has 1 aromatic heterocycles. The van der Waals surface area contributed by atoms with Crippen molar-refractivity contribution in [3.63, 3.8) is 0 Å². The minimum Gasteiger partial charge on any atom is -0.394 e. The summed E-state index contributed by atoms with van der Waals surface area (Å²) in [5.74, 6) is 0.230. The summed E-state index contributed by atoms with van der Waals surface area (Å²) >= 11 is 0. The zero-order valence-corrected chi connectivity index (χ0v) is 9.57. The molecule has 0 saturated heterocycles. The number of aromatic nitrogens is 2. The minimum atomic E-state index is -3.29. The first-order valence-electron chi connectivity index (χ1n) is 4.64. The Hall–Kier alpha value is -1.03. The Kier molecular flexibility index (Phi) is 4.35. The third-order valence-corrected chi connectivity index (χ3v) is 3.18. The predicted molar refractivity (Wildman–Crippen MR) is 54.6 cm³/mol. The van der Waals surface area contributed by atoms with Crippen LogP contribution in [0.25, 0.3) is 0 Å². The van der Waals surface area contributed by atoms with Crippen molar-refractivity contribution in [2.45, 2.75) is 19.5 Å². The molecule has 0 amide bonds. The molecule has 9 heteroatoms. The van der Waals surface area contributed by atoms with E-state index in [0.29, 0.717) is 0 Å². The highest BCUT2D eigenvalue weighted by molar-refractivity contribution is 7.89. The van der Waals surface area contributed by atoms with Crippen LogP contribution in [-0.4, -0.2) is 36.0 Å². The number of nitrogens with one attached hydrogen (secondary N) is 1. The lowest BCUT2D eigenvalue weighted by molar-refractivity contribution is 0.259. The van der Waals surface area contributed by atoms with Gasteiger partial charge < -0.3 is 15.4 Å². The summed E-state index contributed by atoms with van der Waals surface area (Å²) in [6.07, 6.45) is 0. The number of aliphatic hydroxyl groups is 1. The molecule has 16 heavy (non-hydrogen) atoms. The number of hydrogen-bond acceptors (Lipinski definition) is 7. The smallest absolute Gasteiger partial charge is 0.241 e. The predicted octanol–water partition coefficient (Wildman–Crippen LogP) is -1.50. The summed E-state index contributed by atoms with van der Waals surface area (Å²) in [7, 11) is -3.29. The van der Waals surface area contributed by atoms with Gasteiger partial charge in [-0.25, -0.2) is 13.1 Å². The molecule has 0 aliphatic rings. The van der Waals surface area contributed by atoms with Crippen LogP contribution in [0.2, 0.25) is 0 Å². The number of nitrogens with two attached hydrogens (primary N) is 1. The molecule has 4 N–H and O–H groups in total. The van der Waals surface area contributed by atoms with E-state index in [0.717, 1.165) is 0 Å². The van der Waals surface area contributed by atoms with Gasteiger partial charge in [-0.2, -0.15) is 4.98 Å². The van der Waals surface area contributed by atoms with E-state index in [2.05, 4.69) is 14.9 Å². The Morgan fingerprint density at radius 3 is 2.88 bits per heavy atom. The molecular formula is C7H14N4O4S. The van der Waals surface area contributed by atoms with Crippen LogP contribution in [0.5, 0.6) is 0 Å². The number of rotatable bonds is 6. The molecule has 0 bridgehead atoms. The van der Waals surface area contributed by atoms with E-state index in [-0.39, 0.29) is 30.6 Å². The molecule has 0 spiro atoms. The van der Waals surface area contributed by atoms with Crippen LogP contribution in [0, 0.1) is 0 Å². The van der Waals surface area contributed by atoms with E-state index in [1.54, 1.807) is 0 Å². The van der Waals surface area contributed by atoms with Crippen LogP contribution >= 0.6 is 0 Å². The summed E-state index contributed by atoms with van der Waals surface area (Å²) in [6.45, 7) is 1.13. The van der Waals surface area contributed by atoms with E-state index < -0.39 is 16.1 Å². The van der Waals surface area contributed by atoms with Crippen LogP contribution in [0.1, 0.15) is 24.7 Å². The van der Waals surface area contributed by atoms with E-state index in [9.17, 15) is 8.42 Å². The highest BCUT2D eigenvalue weighted by Gasteiger charge is 2.14. The van der Waals surface area contributed by atoms with Crippen molar-refractivity contribution in [1.82, 2.24) is 14.9 Å². The zero-order chi connectivity index (χ0) is 12.2. The summed E-state index contributed by atoms with van der Waals surface area (Å²) in [5, 5.41) is 12.2. The van der Waals surface area contributed by atoms with Gasteiger partial charge in [-0.1, -0.05) is 5.16 Å². The van der Waals surface area contributed by atoms with Crippen LogP contribution in [-0.2, 0) is 16.6 Å². The highest BCUT2D eigenvalue weighted by atomic mass is 32.2. The Labute approximate surface area is 92.9 Å². The maximum absolute atomic E-state index is 11.1. The van der Waals surface area contributed by atoms with Gasteiger partial charge in [0.05, 0.1) is 24.9 Å². The van der Waals surface area contributed by atoms with E-state index in [4.69, 9.17) is 15.4 Å². The molecular weight excluding hydrogens is 236 g/mol. The lowest BCUT2D eigenvalue weighted by Gasteiger charge is -2.00. The van der Waals surface area contributed by atoms with Crippen LogP contribution in [0.4, 0.5) is 0 Å². The maximum Gasteiger partial charge on any atom is 0.241 e. The Balaban J connectivity index is 2.60. The second-order valence-corrected chi connectivity index (χ2v) is 5.16. The minimum absolute atomic E-state index is 0.0237. The molecule has 0 saturated carbocycles. The average Bonchev–Trinajstić information content (AvgIpc) is 2.74. The molecule has 8 nitrogen and oxygen atoms in total. The fourth-order valence-corrected chi connectivity index (χ4v) is 1.39. The van der Waals surface area contributed by atoms with Gasteiger partial charge >= 0.3 is 0 Å². The summed E-state index contributed by atoms with van der Waals surface area (Å²) in [5.41, 5.74) is 5.44. The van der Waals surface area contributed by atoms with Crippen molar-refractivity contribution >= 4 is 10.0 Å². The van der Waals surface area contributed by atoms with Crippen molar-refractivity contribution in [2.24, 2.45) is 5.73 Å². The van der Waals surface area contributed by atoms with E-state index >= 15 is 0 Å². The standard InChI is InChI=1S/C7H14N4O4S/c1-2-16(13,14)9-3-6-10-7(11-15-6)5(8)4-12/h5,9,12H,2-4,8H2,1H3/t5-/m0/s1. The molecule has 0 radical (unpaired) electrons. The van der Waals surface area contributed by atoms with Gasteiger partial charge in [-0.05, 0) is 6.92 Å². The van der Waals surface area contributed by atoms with Gasteiger partial charge in [0.25, 0.3) is 0 Å². The van der Waals surface area contributed by atoms with Gasteiger partial charge in [-0.3, -0.25) is 0 Å². The van der Waals surface area contributed by atoms with E-state index in [1.165, 1.54) is 6.92 Å². The molecule has 0 fully saturated rings. The number of sulfonamides is 1. The summed E-state index contributed by atoms with van der Waals surface area (Å²) < 4.78 is 29.2. The summed E-state index contributed by atoms with van der Waals surface area (Å²) in [6, 6.07) is -0.722. The van der Waals surface area contributed by atoms with Crippen LogP contribution < -0.4 is 10.5 Å². The van der Waals surface area contributed by atoms with Gasteiger partial charge in [-0.15, -0.1) is 0 Å². The average molecular weight is 250 g/mol. The fourth-order valence-electron chi connectivity index (χ4n) is 0.846. The quantitative estimate of drug-likeness (QED) is 0.559. The first-order valence-corrected chi connectivity index (χ1v) is 6.30. The molecule has 0 aromatic carbocycles. The first kappa shape index (κ1) is 13.0. The Bertz CT molecular complexity index is 429. The topological polar surface area (TPSA) is 131 Å². The van der Waals surface area contributed by atoms with Crippen LogP contribution in [0.3, 0.4) is 0 Å². The number of aliphatic hydroxyl groups excluding tert-OH is 1.